The molecule has 0 radical (unpaired) electrons. The van der Waals surface area contributed by atoms with E-state index in [0.29, 0.717) is 6.04 Å². The topological polar surface area (TPSA) is 34.1 Å². The standard InChI is InChI=1S/C12H18N2O.C2H6/c1-9-12(15-2)7-6-11(14-9)8-13-10-4-3-5-10;1-2/h6-7,10,13H,3-5,8H2,1-2H3;1-2H3. The third-order valence-corrected chi connectivity index (χ3v) is 2.99. The lowest BCUT2D eigenvalue weighted by Gasteiger charge is -2.26. The van der Waals surface area contributed by atoms with Gasteiger partial charge in [0, 0.05) is 12.6 Å². The van der Waals surface area contributed by atoms with Crippen molar-refractivity contribution in [1.29, 1.82) is 0 Å². The third kappa shape index (κ3) is 4.00. The van der Waals surface area contributed by atoms with E-state index < -0.39 is 0 Å². The van der Waals surface area contributed by atoms with Crippen molar-refractivity contribution in [2.45, 2.75) is 52.6 Å². The van der Waals surface area contributed by atoms with Crippen LogP contribution >= 0.6 is 0 Å². The van der Waals surface area contributed by atoms with Gasteiger partial charge in [0.1, 0.15) is 5.75 Å². The maximum Gasteiger partial charge on any atom is 0.140 e. The molecule has 1 saturated carbocycles. The van der Waals surface area contributed by atoms with Crippen LogP contribution in [0.15, 0.2) is 12.1 Å². The molecule has 1 aromatic heterocycles. The monoisotopic (exact) mass is 236 g/mol. The van der Waals surface area contributed by atoms with Crippen LogP contribution in [0, 0.1) is 6.92 Å². The summed E-state index contributed by atoms with van der Waals surface area (Å²) in [7, 11) is 1.68. The second kappa shape index (κ2) is 7.28. The lowest BCUT2D eigenvalue weighted by molar-refractivity contribution is 0.336. The van der Waals surface area contributed by atoms with Crippen LogP contribution in [0.2, 0.25) is 0 Å². The lowest BCUT2D eigenvalue weighted by Crippen LogP contribution is -2.34. The molecule has 1 fully saturated rings. The molecule has 1 aliphatic carbocycles. The highest BCUT2D eigenvalue weighted by Gasteiger charge is 2.16. The van der Waals surface area contributed by atoms with E-state index in [9.17, 15) is 0 Å². The van der Waals surface area contributed by atoms with Crippen LogP contribution < -0.4 is 10.1 Å². The first-order chi connectivity index (χ1) is 8.29. The molecule has 0 atom stereocenters. The van der Waals surface area contributed by atoms with Crippen LogP contribution in [0.4, 0.5) is 0 Å². The number of aryl methyl sites for hydroxylation is 1. The van der Waals surface area contributed by atoms with Crippen molar-refractivity contribution in [3.8, 4) is 5.75 Å². The number of nitrogens with one attached hydrogen (secondary N) is 1. The van der Waals surface area contributed by atoms with Gasteiger partial charge in [0.05, 0.1) is 18.5 Å². The summed E-state index contributed by atoms with van der Waals surface area (Å²) in [6.07, 6.45) is 4.00. The van der Waals surface area contributed by atoms with E-state index in [-0.39, 0.29) is 0 Å². The van der Waals surface area contributed by atoms with E-state index in [0.717, 1.165) is 23.7 Å². The Kier molecular flexibility index (Phi) is 5.98. The first-order valence-corrected chi connectivity index (χ1v) is 6.53. The molecule has 0 saturated heterocycles. The first kappa shape index (κ1) is 14.0. The zero-order valence-electron chi connectivity index (χ0n) is 11.4. The largest absolute Gasteiger partial charge is 0.495 e. The van der Waals surface area contributed by atoms with Gasteiger partial charge in [-0.3, -0.25) is 4.98 Å². The van der Waals surface area contributed by atoms with Crippen LogP contribution in [0.1, 0.15) is 44.5 Å². The third-order valence-electron chi connectivity index (χ3n) is 2.99. The molecule has 17 heavy (non-hydrogen) atoms. The number of nitrogens with zero attached hydrogens (tertiary/aromatic N) is 1. The summed E-state index contributed by atoms with van der Waals surface area (Å²) in [5.74, 6) is 0.863. The van der Waals surface area contributed by atoms with Crippen LogP contribution in [0.25, 0.3) is 0 Å². The molecule has 1 N–H and O–H groups in total. The van der Waals surface area contributed by atoms with Crippen molar-refractivity contribution in [2.75, 3.05) is 7.11 Å². The molecule has 96 valence electrons. The Labute approximate surface area is 105 Å². The van der Waals surface area contributed by atoms with Gasteiger partial charge < -0.3 is 10.1 Å². The quantitative estimate of drug-likeness (QED) is 0.872. The normalized spacial score (nSPS) is 14.6. The number of aromatic nitrogens is 1. The zero-order valence-corrected chi connectivity index (χ0v) is 11.4. The van der Waals surface area contributed by atoms with Gasteiger partial charge in [-0.25, -0.2) is 0 Å². The van der Waals surface area contributed by atoms with Crippen molar-refractivity contribution in [1.82, 2.24) is 10.3 Å². The van der Waals surface area contributed by atoms with Gasteiger partial charge in [-0.1, -0.05) is 20.3 Å². The second-order valence-corrected chi connectivity index (χ2v) is 4.10. The number of ether oxygens (including phenoxy) is 1. The minimum Gasteiger partial charge on any atom is -0.495 e. The smallest absolute Gasteiger partial charge is 0.140 e. The van der Waals surface area contributed by atoms with Crippen molar-refractivity contribution in [2.24, 2.45) is 0 Å². The number of rotatable bonds is 4. The minimum atomic E-state index is 0.717. The fourth-order valence-electron chi connectivity index (χ4n) is 1.78. The molecular weight excluding hydrogens is 212 g/mol. The Morgan fingerprint density at radius 1 is 1.35 bits per heavy atom. The van der Waals surface area contributed by atoms with Gasteiger partial charge in [0.15, 0.2) is 0 Å². The molecule has 0 unspecified atom stereocenters. The highest BCUT2D eigenvalue weighted by molar-refractivity contribution is 5.28. The number of hydrogen-bond acceptors (Lipinski definition) is 3. The molecule has 1 heterocycles. The maximum atomic E-state index is 5.17. The molecule has 0 bridgehead atoms. The average Bonchev–Trinajstić information content (AvgIpc) is 2.30. The van der Waals surface area contributed by atoms with E-state index in [2.05, 4.69) is 10.3 Å². The van der Waals surface area contributed by atoms with E-state index >= 15 is 0 Å². The maximum absolute atomic E-state index is 5.17. The summed E-state index contributed by atoms with van der Waals surface area (Å²) in [6, 6.07) is 4.73. The summed E-state index contributed by atoms with van der Waals surface area (Å²) >= 11 is 0. The first-order valence-electron chi connectivity index (χ1n) is 6.53. The van der Waals surface area contributed by atoms with Crippen molar-refractivity contribution in [3.05, 3.63) is 23.5 Å². The average molecular weight is 236 g/mol. The summed E-state index contributed by atoms with van der Waals surface area (Å²) in [4.78, 5) is 4.49. The van der Waals surface area contributed by atoms with E-state index in [1.54, 1.807) is 7.11 Å². The molecule has 0 spiro atoms. The molecule has 1 aliphatic rings. The minimum absolute atomic E-state index is 0.717. The van der Waals surface area contributed by atoms with Gasteiger partial charge in [-0.2, -0.15) is 0 Å². The van der Waals surface area contributed by atoms with Crippen LogP contribution in [0.3, 0.4) is 0 Å². The summed E-state index contributed by atoms with van der Waals surface area (Å²) < 4.78 is 5.17. The molecule has 0 aromatic carbocycles. The predicted octanol–water partition coefficient (Wildman–Crippen LogP) is 3.07. The molecular formula is C14H24N2O. The highest BCUT2D eigenvalue weighted by Crippen LogP contribution is 2.19. The van der Waals surface area contributed by atoms with Crippen molar-refractivity contribution >= 4 is 0 Å². The van der Waals surface area contributed by atoms with Gasteiger partial charge in [0.25, 0.3) is 0 Å². The van der Waals surface area contributed by atoms with Gasteiger partial charge in [-0.15, -0.1) is 0 Å². The Balaban J connectivity index is 0.000000686. The molecule has 1 aromatic rings. The fraction of sp³-hybridized carbons (Fsp3) is 0.643. The zero-order chi connectivity index (χ0) is 12.7. The number of hydrogen-bond donors (Lipinski definition) is 1. The Morgan fingerprint density at radius 2 is 2.06 bits per heavy atom. The van der Waals surface area contributed by atoms with Crippen molar-refractivity contribution < 1.29 is 4.74 Å². The molecule has 3 heteroatoms. The lowest BCUT2D eigenvalue weighted by atomic mass is 9.93. The fourth-order valence-corrected chi connectivity index (χ4v) is 1.78. The van der Waals surface area contributed by atoms with Gasteiger partial charge >= 0.3 is 0 Å². The number of methoxy groups -OCH3 is 1. The predicted molar refractivity (Wildman–Crippen MR) is 71.4 cm³/mol. The van der Waals surface area contributed by atoms with Gasteiger partial charge in [-0.05, 0) is 31.9 Å². The van der Waals surface area contributed by atoms with E-state index in [1.807, 2.05) is 32.9 Å². The Morgan fingerprint density at radius 3 is 2.53 bits per heavy atom. The Hall–Kier alpha value is -1.09. The van der Waals surface area contributed by atoms with E-state index in [1.165, 1.54) is 19.3 Å². The molecule has 3 nitrogen and oxygen atoms in total. The Bertz CT molecular complexity index is 335. The number of pyridine rings is 1. The molecule has 0 amide bonds. The van der Waals surface area contributed by atoms with E-state index in [4.69, 9.17) is 4.74 Å². The van der Waals surface area contributed by atoms with Crippen LogP contribution in [0.5, 0.6) is 5.75 Å². The summed E-state index contributed by atoms with van der Waals surface area (Å²) in [6.45, 7) is 6.85. The van der Waals surface area contributed by atoms with Gasteiger partial charge in [0.2, 0.25) is 0 Å². The summed E-state index contributed by atoms with van der Waals surface area (Å²) in [5, 5.41) is 3.50. The SMILES string of the molecule is CC.COc1ccc(CNC2CCC2)nc1C. The van der Waals surface area contributed by atoms with Crippen LogP contribution in [-0.4, -0.2) is 18.1 Å². The molecule has 2 rings (SSSR count). The highest BCUT2D eigenvalue weighted by atomic mass is 16.5. The molecule has 0 aliphatic heterocycles. The van der Waals surface area contributed by atoms with Crippen LogP contribution in [-0.2, 0) is 6.54 Å². The second-order valence-electron chi connectivity index (χ2n) is 4.10. The summed E-state index contributed by atoms with van der Waals surface area (Å²) in [5.41, 5.74) is 2.06. The van der Waals surface area contributed by atoms with Crippen molar-refractivity contribution in [3.63, 3.8) is 0 Å².